The van der Waals surface area contributed by atoms with Crippen LogP contribution in [0.1, 0.15) is 17.9 Å². The van der Waals surface area contributed by atoms with Gasteiger partial charge in [0.05, 0.1) is 5.52 Å². The Morgan fingerprint density at radius 2 is 1.86 bits per heavy atom. The Hall–Kier alpha value is -2.24. The Morgan fingerprint density at radius 1 is 1.19 bits per heavy atom. The monoisotopic (exact) mass is 307 g/mol. The fourth-order valence-electron chi connectivity index (χ4n) is 1.79. The zero-order valence-electron chi connectivity index (χ0n) is 10.3. The third-order valence-corrected chi connectivity index (χ3v) is 2.86. The average Bonchev–Trinajstić information content (AvgIpc) is 2.72. The van der Waals surface area contributed by atoms with Crippen LogP contribution in [-0.4, -0.2) is 21.5 Å². The zero-order valence-corrected chi connectivity index (χ0v) is 10.3. The molecule has 9 heteroatoms. The van der Waals surface area contributed by atoms with Gasteiger partial charge in [-0.3, -0.25) is 4.40 Å². The normalized spacial score (nSPS) is 12.6. The molecule has 0 aliphatic rings. The first-order valence-electron chi connectivity index (χ1n) is 5.67. The van der Waals surface area contributed by atoms with Crippen LogP contribution < -0.4 is 0 Å². The van der Waals surface area contributed by atoms with Crippen LogP contribution in [-0.2, 0) is 6.42 Å². The number of imidazole rings is 1. The smallest absolute Gasteiger partial charge is 0.299 e. The van der Waals surface area contributed by atoms with Gasteiger partial charge in [-0.15, -0.1) is 0 Å². The number of hydrogen-bond donors (Lipinski definition) is 0. The van der Waals surface area contributed by atoms with Crippen LogP contribution in [0.5, 0.6) is 0 Å². The number of nitriles is 1. The molecule has 2 heterocycles. The molecule has 0 bridgehead atoms. The van der Waals surface area contributed by atoms with Crippen molar-refractivity contribution in [1.82, 2.24) is 9.38 Å². The Morgan fingerprint density at radius 3 is 2.43 bits per heavy atom. The summed E-state index contributed by atoms with van der Waals surface area (Å²) in [4.78, 5) is 3.67. The minimum absolute atomic E-state index is 0.143. The van der Waals surface area contributed by atoms with Gasteiger partial charge >= 0.3 is 12.1 Å². The summed E-state index contributed by atoms with van der Waals surface area (Å²) in [7, 11) is 0. The Bertz CT molecular complexity index is 710. The first-order chi connectivity index (χ1) is 9.65. The lowest BCUT2D eigenvalue weighted by Gasteiger charge is -2.18. The predicted molar refractivity (Wildman–Crippen MR) is 59.2 cm³/mol. The largest absolute Gasteiger partial charge is 0.453 e. The van der Waals surface area contributed by atoms with Crippen LogP contribution in [0.3, 0.4) is 0 Å². The summed E-state index contributed by atoms with van der Waals surface area (Å²) in [5, 5.41) is 8.83. The summed E-state index contributed by atoms with van der Waals surface area (Å²) < 4.78 is 76.2. The lowest BCUT2D eigenvalue weighted by atomic mass is 10.1. The highest BCUT2D eigenvalue weighted by Crippen LogP contribution is 2.38. The van der Waals surface area contributed by atoms with Crippen LogP contribution in [0.2, 0.25) is 0 Å². The second kappa shape index (κ2) is 4.95. The van der Waals surface area contributed by atoms with Crippen molar-refractivity contribution in [1.29, 1.82) is 5.26 Å². The molecule has 0 saturated carbocycles. The first kappa shape index (κ1) is 15.2. The molecule has 0 N–H and O–H groups in total. The third-order valence-electron chi connectivity index (χ3n) is 2.86. The number of hydrogen-bond acceptors (Lipinski definition) is 2. The molecule has 112 valence electrons. The number of alkyl halides is 5. The van der Waals surface area contributed by atoms with Gasteiger partial charge in [-0.1, -0.05) is 0 Å². The molecule has 0 aliphatic heterocycles. The molecule has 21 heavy (non-hydrogen) atoms. The van der Waals surface area contributed by atoms with Gasteiger partial charge in [0.25, 0.3) is 0 Å². The quantitative estimate of drug-likeness (QED) is 0.815. The predicted octanol–water partition coefficient (Wildman–Crippen LogP) is 3.48. The van der Waals surface area contributed by atoms with Crippen molar-refractivity contribution < 1.29 is 26.3 Å². The van der Waals surface area contributed by atoms with Gasteiger partial charge in [0, 0.05) is 19.0 Å². The Kier molecular flexibility index (Phi) is 3.57. The lowest BCUT2D eigenvalue weighted by molar-refractivity contribution is -0.284. The van der Waals surface area contributed by atoms with Crippen LogP contribution in [0.15, 0.2) is 18.3 Å². The molecule has 2 aromatic heterocycles. The molecule has 0 radical (unpaired) electrons. The van der Waals surface area contributed by atoms with Crippen LogP contribution in [0, 0.1) is 17.1 Å². The van der Waals surface area contributed by atoms with Crippen molar-refractivity contribution >= 4 is 5.52 Å². The van der Waals surface area contributed by atoms with Gasteiger partial charge in [0.15, 0.2) is 5.69 Å². The molecule has 0 unspecified atom stereocenters. The van der Waals surface area contributed by atoms with E-state index in [0.29, 0.717) is 0 Å². The standard InChI is InChI=1S/C12H7F6N3/c13-7-1-2-9-8(5-19)20-10(21(9)6-7)3-4-11(14,15)12(16,17)18/h1-2,6H,3-4H2. The van der Waals surface area contributed by atoms with Crippen molar-refractivity contribution in [2.24, 2.45) is 0 Å². The molecule has 3 nitrogen and oxygen atoms in total. The molecule has 0 aliphatic carbocycles. The summed E-state index contributed by atoms with van der Waals surface area (Å²) in [6.07, 6.45) is -7.07. The number of aryl methyl sites for hydroxylation is 1. The fourth-order valence-corrected chi connectivity index (χ4v) is 1.79. The van der Waals surface area contributed by atoms with E-state index in [2.05, 4.69) is 4.98 Å². The minimum Gasteiger partial charge on any atom is -0.299 e. The molecule has 2 rings (SSSR count). The molecule has 0 spiro atoms. The fraction of sp³-hybridized carbons (Fsp3) is 0.333. The van der Waals surface area contributed by atoms with Gasteiger partial charge in [-0.25, -0.2) is 9.37 Å². The van der Waals surface area contributed by atoms with Crippen molar-refractivity contribution in [3.8, 4) is 6.07 Å². The van der Waals surface area contributed by atoms with E-state index in [-0.39, 0.29) is 17.0 Å². The topological polar surface area (TPSA) is 41.1 Å². The Balaban J connectivity index is 2.36. The number of halogens is 6. The lowest BCUT2D eigenvalue weighted by Crippen LogP contribution is -2.36. The molecule has 0 atom stereocenters. The maximum atomic E-state index is 13.1. The number of fused-ring (bicyclic) bond motifs is 1. The number of rotatable bonds is 3. The molecule has 0 saturated heterocycles. The maximum absolute atomic E-state index is 13.1. The van der Waals surface area contributed by atoms with Gasteiger partial charge in [0.2, 0.25) is 0 Å². The van der Waals surface area contributed by atoms with E-state index >= 15 is 0 Å². The second-order valence-corrected chi connectivity index (χ2v) is 4.29. The van der Waals surface area contributed by atoms with Gasteiger partial charge < -0.3 is 0 Å². The minimum atomic E-state index is -5.66. The Labute approximate surface area is 114 Å². The molecule has 2 aromatic rings. The highest BCUT2D eigenvalue weighted by molar-refractivity contribution is 5.58. The van der Waals surface area contributed by atoms with E-state index in [1.807, 2.05) is 0 Å². The van der Waals surface area contributed by atoms with Crippen molar-refractivity contribution in [3.63, 3.8) is 0 Å². The van der Waals surface area contributed by atoms with E-state index in [1.54, 1.807) is 6.07 Å². The van der Waals surface area contributed by atoms with E-state index in [4.69, 9.17) is 5.26 Å². The second-order valence-electron chi connectivity index (χ2n) is 4.29. The molecule has 0 amide bonds. The SMILES string of the molecule is N#Cc1nc(CCC(F)(F)C(F)(F)F)n2cc(F)ccc12. The van der Waals surface area contributed by atoms with Crippen LogP contribution in [0.25, 0.3) is 5.52 Å². The highest BCUT2D eigenvalue weighted by Gasteiger charge is 2.56. The number of aromatic nitrogens is 2. The summed E-state index contributed by atoms with van der Waals surface area (Å²) in [6, 6.07) is 3.91. The molecular weight excluding hydrogens is 300 g/mol. The number of pyridine rings is 1. The molecule has 0 fully saturated rings. The number of nitrogens with zero attached hydrogens (tertiary/aromatic N) is 3. The van der Waals surface area contributed by atoms with Crippen LogP contribution in [0.4, 0.5) is 26.3 Å². The van der Waals surface area contributed by atoms with E-state index < -0.39 is 30.8 Å². The zero-order chi connectivity index (χ0) is 15.8. The van der Waals surface area contributed by atoms with Gasteiger partial charge in [-0.05, 0) is 12.1 Å². The van der Waals surface area contributed by atoms with Crippen LogP contribution >= 0.6 is 0 Å². The summed E-state index contributed by atoms with van der Waals surface area (Å²) >= 11 is 0. The van der Waals surface area contributed by atoms with E-state index in [9.17, 15) is 26.3 Å². The summed E-state index contributed by atoms with van der Waals surface area (Å²) in [6.45, 7) is 0. The van der Waals surface area contributed by atoms with E-state index in [1.165, 1.54) is 6.07 Å². The average molecular weight is 307 g/mol. The third kappa shape index (κ3) is 2.79. The first-order valence-corrected chi connectivity index (χ1v) is 5.67. The molecular formula is C12H7F6N3. The van der Waals surface area contributed by atoms with Gasteiger partial charge in [-0.2, -0.15) is 27.2 Å². The van der Waals surface area contributed by atoms with Crippen molar-refractivity contribution in [2.45, 2.75) is 24.9 Å². The summed E-state index contributed by atoms with van der Waals surface area (Å²) in [5.74, 6) is -5.84. The van der Waals surface area contributed by atoms with Gasteiger partial charge in [0.1, 0.15) is 17.7 Å². The molecule has 0 aromatic carbocycles. The highest BCUT2D eigenvalue weighted by atomic mass is 19.4. The summed E-state index contributed by atoms with van der Waals surface area (Å²) in [5.41, 5.74) is -0.0236. The van der Waals surface area contributed by atoms with Crippen molar-refractivity contribution in [3.05, 3.63) is 35.7 Å². The van der Waals surface area contributed by atoms with E-state index in [0.717, 1.165) is 16.7 Å². The van der Waals surface area contributed by atoms with Crippen molar-refractivity contribution in [2.75, 3.05) is 0 Å². The maximum Gasteiger partial charge on any atom is 0.453 e.